The highest BCUT2D eigenvalue weighted by molar-refractivity contribution is 8.26. The summed E-state index contributed by atoms with van der Waals surface area (Å²) in [5, 5.41) is 9.95. The van der Waals surface area contributed by atoms with Crippen LogP contribution in [0.3, 0.4) is 0 Å². The summed E-state index contributed by atoms with van der Waals surface area (Å²) in [6.45, 7) is 8.72. The van der Waals surface area contributed by atoms with Crippen LogP contribution in [0.1, 0.15) is 61.8 Å². The van der Waals surface area contributed by atoms with E-state index < -0.39 is 0 Å². The summed E-state index contributed by atoms with van der Waals surface area (Å²) in [6, 6.07) is 7.85. The summed E-state index contributed by atoms with van der Waals surface area (Å²) in [6.07, 6.45) is 6.35. The van der Waals surface area contributed by atoms with Gasteiger partial charge in [0, 0.05) is 31.7 Å². The van der Waals surface area contributed by atoms with Gasteiger partial charge in [0.1, 0.15) is 21.8 Å². The standard InChI is InChI=1S/C31H38N4O4S2/c1-6-7-14-34-28(33-13-8-9-20(2)19-33)23(21(3)24(18-32)29(34)36)17-27-30(37)35(31(40)41-27)15-12-22-10-11-25(38-4)26(16-22)39-5/h10-11,16-17,20H,6-9,12-15,19H2,1-5H3/b27-17-. The van der Waals surface area contributed by atoms with E-state index in [4.69, 9.17) is 21.7 Å². The van der Waals surface area contributed by atoms with Crippen molar-refractivity contribution in [1.29, 1.82) is 5.26 Å². The fraction of sp³-hybridized carbons (Fsp3) is 0.484. The van der Waals surface area contributed by atoms with Crippen molar-refractivity contribution in [3.63, 3.8) is 0 Å². The average Bonchev–Trinajstić information content (AvgIpc) is 3.23. The number of rotatable bonds is 10. The van der Waals surface area contributed by atoms with Crippen molar-refractivity contribution in [3.05, 3.63) is 55.7 Å². The lowest BCUT2D eigenvalue weighted by Gasteiger charge is -2.36. The quantitative estimate of drug-likeness (QED) is 0.262. The Balaban J connectivity index is 1.71. The van der Waals surface area contributed by atoms with Crippen LogP contribution < -0.4 is 19.9 Å². The molecule has 0 N–H and O–H groups in total. The summed E-state index contributed by atoms with van der Waals surface area (Å²) in [4.78, 5) is 31.6. The van der Waals surface area contributed by atoms with Gasteiger partial charge in [-0.2, -0.15) is 5.26 Å². The molecule has 2 fully saturated rings. The number of thiocarbonyl (C=S) groups is 1. The van der Waals surface area contributed by atoms with Gasteiger partial charge in [0.25, 0.3) is 11.5 Å². The molecule has 1 atom stereocenters. The van der Waals surface area contributed by atoms with Crippen LogP contribution in [0.5, 0.6) is 11.5 Å². The van der Waals surface area contributed by atoms with Crippen molar-refractivity contribution in [2.45, 2.75) is 59.4 Å². The van der Waals surface area contributed by atoms with Crippen LogP contribution in [0.4, 0.5) is 5.82 Å². The minimum Gasteiger partial charge on any atom is -0.493 e. The molecule has 8 nitrogen and oxygen atoms in total. The summed E-state index contributed by atoms with van der Waals surface area (Å²) in [7, 11) is 3.19. The number of amides is 1. The topological polar surface area (TPSA) is 87.8 Å². The van der Waals surface area contributed by atoms with Gasteiger partial charge in [-0.15, -0.1) is 0 Å². The first-order valence-corrected chi connectivity index (χ1v) is 15.3. The van der Waals surface area contributed by atoms with Crippen LogP contribution in [0, 0.1) is 24.2 Å². The fourth-order valence-electron chi connectivity index (χ4n) is 5.49. The van der Waals surface area contributed by atoms with Gasteiger partial charge in [-0.1, -0.05) is 50.3 Å². The summed E-state index contributed by atoms with van der Waals surface area (Å²) in [5.41, 5.74) is 2.23. The predicted molar refractivity (Wildman–Crippen MR) is 169 cm³/mol. The molecule has 1 amide bonds. The third kappa shape index (κ3) is 6.47. The van der Waals surface area contributed by atoms with E-state index in [0.29, 0.717) is 51.7 Å². The molecule has 2 saturated heterocycles. The molecule has 0 aliphatic carbocycles. The van der Waals surface area contributed by atoms with E-state index in [1.165, 1.54) is 11.8 Å². The summed E-state index contributed by atoms with van der Waals surface area (Å²) in [5.74, 6) is 2.41. The van der Waals surface area contributed by atoms with Gasteiger partial charge in [-0.3, -0.25) is 19.1 Å². The van der Waals surface area contributed by atoms with Crippen LogP contribution in [-0.2, 0) is 17.8 Å². The second kappa shape index (κ2) is 13.6. The van der Waals surface area contributed by atoms with E-state index in [-0.39, 0.29) is 17.0 Å². The molecule has 1 aromatic carbocycles. The lowest BCUT2D eigenvalue weighted by molar-refractivity contribution is -0.122. The number of carbonyl (C=O) groups excluding carboxylic acids is 1. The summed E-state index contributed by atoms with van der Waals surface area (Å²) >= 11 is 6.90. The summed E-state index contributed by atoms with van der Waals surface area (Å²) < 4.78 is 13.0. The largest absolute Gasteiger partial charge is 0.493 e. The monoisotopic (exact) mass is 594 g/mol. The maximum absolute atomic E-state index is 13.7. The number of methoxy groups -OCH3 is 2. The number of unbranched alkanes of at least 4 members (excludes halogenated alkanes) is 1. The van der Waals surface area contributed by atoms with Crippen LogP contribution in [0.2, 0.25) is 0 Å². The molecular weight excluding hydrogens is 556 g/mol. The molecule has 0 bridgehead atoms. The molecule has 218 valence electrons. The first-order chi connectivity index (χ1) is 19.7. The maximum Gasteiger partial charge on any atom is 0.270 e. The zero-order valence-corrected chi connectivity index (χ0v) is 26.1. The number of benzene rings is 1. The van der Waals surface area contributed by atoms with Crippen LogP contribution >= 0.6 is 24.0 Å². The Labute approximate surface area is 251 Å². The zero-order chi connectivity index (χ0) is 29.7. The van der Waals surface area contributed by atoms with Crippen LogP contribution in [0.25, 0.3) is 6.08 Å². The lowest BCUT2D eigenvalue weighted by Crippen LogP contribution is -2.40. The average molecular weight is 595 g/mol. The third-order valence-electron chi connectivity index (χ3n) is 7.76. The van der Waals surface area contributed by atoms with Gasteiger partial charge in [-0.25, -0.2) is 0 Å². The molecule has 4 rings (SSSR count). The molecule has 2 aliphatic heterocycles. The molecule has 2 aliphatic rings. The normalized spacial score (nSPS) is 18.2. The number of thioether (sulfide) groups is 1. The third-order valence-corrected chi connectivity index (χ3v) is 9.14. The number of piperidine rings is 1. The van der Waals surface area contributed by atoms with E-state index >= 15 is 0 Å². The van der Waals surface area contributed by atoms with Crippen LogP contribution in [-0.4, -0.2) is 53.5 Å². The molecule has 2 aromatic rings. The highest BCUT2D eigenvalue weighted by Gasteiger charge is 2.33. The Kier molecular flexibility index (Phi) is 10.2. The van der Waals surface area contributed by atoms with Gasteiger partial charge in [0.15, 0.2) is 11.5 Å². The second-order valence-electron chi connectivity index (χ2n) is 10.6. The Morgan fingerprint density at radius 1 is 1.20 bits per heavy atom. The number of nitrogens with zero attached hydrogens (tertiary/aromatic N) is 4. The Morgan fingerprint density at radius 2 is 1.95 bits per heavy atom. The molecule has 3 heterocycles. The van der Waals surface area contributed by atoms with E-state index in [9.17, 15) is 14.9 Å². The zero-order valence-electron chi connectivity index (χ0n) is 24.5. The first-order valence-electron chi connectivity index (χ1n) is 14.1. The molecule has 0 spiro atoms. The second-order valence-corrected chi connectivity index (χ2v) is 12.3. The van der Waals surface area contributed by atoms with Gasteiger partial charge in [0.05, 0.1) is 19.1 Å². The fourth-order valence-corrected chi connectivity index (χ4v) is 6.78. The first kappa shape index (κ1) is 30.7. The number of hydrogen-bond donors (Lipinski definition) is 0. The van der Waals surface area contributed by atoms with Crippen molar-refractivity contribution in [1.82, 2.24) is 9.47 Å². The smallest absolute Gasteiger partial charge is 0.270 e. The Bertz CT molecular complexity index is 1460. The maximum atomic E-state index is 13.7. The van der Waals surface area contributed by atoms with Gasteiger partial charge in [-0.05, 0) is 67.9 Å². The Morgan fingerprint density at radius 3 is 2.61 bits per heavy atom. The minimum atomic E-state index is -0.258. The number of anilines is 1. The lowest BCUT2D eigenvalue weighted by atomic mass is 9.98. The number of hydrogen-bond acceptors (Lipinski definition) is 8. The van der Waals surface area contributed by atoms with E-state index in [1.807, 2.05) is 31.2 Å². The molecule has 0 saturated carbocycles. The van der Waals surface area contributed by atoms with Crippen LogP contribution in [0.15, 0.2) is 27.9 Å². The van der Waals surface area contributed by atoms with Gasteiger partial charge in [0.2, 0.25) is 0 Å². The van der Waals surface area contributed by atoms with Crippen molar-refractivity contribution < 1.29 is 14.3 Å². The minimum absolute atomic E-state index is 0.130. The SMILES string of the molecule is CCCCn1c(N2CCCC(C)C2)c(/C=C2\SC(=S)N(CCc3ccc(OC)c(OC)c3)C2=O)c(C)c(C#N)c1=O. The van der Waals surface area contributed by atoms with Crippen molar-refractivity contribution in [2.24, 2.45) is 5.92 Å². The van der Waals surface area contributed by atoms with E-state index in [0.717, 1.165) is 55.7 Å². The highest BCUT2D eigenvalue weighted by Crippen LogP contribution is 2.37. The molecular formula is C31H38N4O4S2. The number of nitriles is 1. The molecule has 1 aromatic heterocycles. The van der Waals surface area contributed by atoms with E-state index in [1.54, 1.807) is 23.7 Å². The molecule has 0 radical (unpaired) electrons. The number of aromatic nitrogens is 1. The molecule has 41 heavy (non-hydrogen) atoms. The van der Waals surface area contributed by atoms with Crippen molar-refractivity contribution >= 4 is 46.1 Å². The molecule has 1 unspecified atom stereocenters. The van der Waals surface area contributed by atoms with Gasteiger partial charge < -0.3 is 14.4 Å². The highest BCUT2D eigenvalue weighted by atomic mass is 32.2. The number of carbonyl (C=O) groups is 1. The van der Waals surface area contributed by atoms with Crippen molar-refractivity contribution in [2.75, 3.05) is 38.8 Å². The van der Waals surface area contributed by atoms with E-state index in [2.05, 4.69) is 24.8 Å². The number of pyridine rings is 1. The molecule has 10 heteroatoms. The Hall–Kier alpha value is -3.29. The van der Waals surface area contributed by atoms with Gasteiger partial charge >= 0.3 is 0 Å². The number of ether oxygens (including phenoxy) is 2. The predicted octanol–water partition coefficient (Wildman–Crippen LogP) is 5.53. The van der Waals surface area contributed by atoms with Crippen molar-refractivity contribution in [3.8, 4) is 17.6 Å².